The smallest absolute Gasteiger partial charge is 0.309 e. The van der Waals surface area contributed by atoms with E-state index in [9.17, 15) is 14.9 Å². The van der Waals surface area contributed by atoms with Gasteiger partial charge in [-0.05, 0) is 37.7 Å². The second-order valence-electron chi connectivity index (χ2n) is 5.10. The molecule has 0 atom stereocenters. The van der Waals surface area contributed by atoms with Gasteiger partial charge < -0.3 is 10.1 Å². The number of hydrogen-bond acceptors (Lipinski definition) is 5. The van der Waals surface area contributed by atoms with Crippen molar-refractivity contribution in [1.29, 1.82) is 5.26 Å². The third-order valence-corrected chi connectivity index (χ3v) is 4.75. The van der Waals surface area contributed by atoms with Gasteiger partial charge in [0, 0.05) is 4.88 Å². The third kappa shape index (κ3) is 2.54. The highest BCUT2D eigenvalue weighted by Gasteiger charge is 2.31. The van der Waals surface area contributed by atoms with E-state index >= 15 is 0 Å². The normalized spacial score (nSPS) is 16.4. The second kappa shape index (κ2) is 5.25. The molecule has 104 valence electrons. The Hall–Kier alpha value is -1.87. The number of ether oxygens (including phenoxy) is 1. The van der Waals surface area contributed by atoms with E-state index in [0.29, 0.717) is 10.6 Å². The maximum atomic E-state index is 11.8. The van der Waals surface area contributed by atoms with E-state index in [0.717, 1.165) is 37.7 Å². The number of carbonyl (C=O) groups is 2. The largest absolute Gasteiger partial charge is 0.455 e. The van der Waals surface area contributed by atoms with E-state index in [2.05, 4.69) is 11.4 Å². The van der Waals surface area contributed by atoms with Crippen molar-refractivity contribution in [2.75, 3.05) is 11.9 Å². The third-order valence-electron chi connectivity index (χ3n) is 3.54. The molecule has 0 radical (unpaired) electrons. The topological polar surface area (TPSA) is 79.2 Å². The summed E-state index contributed by atoms with van der Waals surface area (Å²) in [5.74, 6) is -0.687. The molecule has 0 bridgehead atoms. The van der Waals surface area contributed by atoms with Crippen LogP contribution in [0.5, 0.6) is 0 Å². The Morgan fingerprint density at radius 3 is 2.90 bits per heavy atom. The molecule has 1 aromatic heterocycles. The van der Waals surface area contributed by atoms with Crippen LogP contribution < -0.4 is 5.32 Å². The first-order valence-electron chi connectivity index (χ1n) is 6.70. The standard InChI is InChI=1S/C14H14N2O3S/c15-6-10-9-2-1-3-11(9)20-13(10)16-12(17)7-19-14(18)8-4-5-8/h8H,1-5,7H2,(H,16,17). The fourth-order valence-corrected chi connectivity index (χ4v) is 3.60. The van der Waals surface area contributed by atoms with Gasteiger partial charge >= 0.3 is 5.97 Å². The average Bonchev–Trinajstić information content (AvgIpc) is 3.10. The summed E-state index contributed by atoms with van der Waals surface area (Å²) in [4.78, 5) is 24.3. The van der Waals surface area contributed by atoms with Gasteiger partial charge in [-0.25, -0.2) is 0 Å². The number of nitrogens with one attached hydrogen (secondary N) is 1. The van der Waals surface area contributed by atoms with Gasteiger partial charge in [0.1, 0.15) is 11.1 Å². The summed E-state index contributed by atoms with van der Waals surface area (Å²) in [6, 6.07) is 2.16. The minimum absolute atomic E-state index is 0.0111. The number of thiophene rings is 1. The summed E-state index contributed by atoms with van der Waals surface area (Å²) in [5, 5.41) is 12.5. The first-order valence-corrected chi connectivity index (χ1v) is 7.52. The van der Waals surface area contributed by atoms with Crippen molar-refractivity contribution in [2.24, 2.45) is 5.92 Å². The maximum absolute atomic E-state index is 11.8. The quantitative estimate of drug-likeness (QED) is 0.860. The lowest BCUT2D eigenvalue weighted by Gasteiger charge is -2.05. The predicted molar refractivity (Wildman–Crippen MR) is 73.4 cm³/mol. The lowest BCUT2D eigenvalue weighted by molar-refractivity contribution is -0.148. The number of anilines is 1. The highest BCUT2D eigenvalue weighted by atomic mass is 32.1. The van der Waals surface area contributed by atoms with Gasteiger partial charge in [-0.2, -0.15) is 5.26 Å². The number of carbonyl (C=O) groups excluding carboxylic acids is 2. The van der Waals surface area contributed by atoms with E-state index in [-0.39, 0.29) is 24.4 Å². The Balaban J connectivity index is 1.61. The molecule has 1 saturated carbocycles. The van der Waals surface area contributed by atoms with Crippen LogP contribution in [0, 0.1) is 17.2 Å². The minimum atomic E-state index is -0.379. The van der Waals surface area contributed by atoms with Crippen molar-refractivity contribution in [2.45, 2.75) is 32.1 Å². The van der Waals surface area contributed by atoms with Gasteiger partial charge in [0.2, 0.25) is 0 Å². The van der Waals surface area contributed by atoms with Gasteiger partial charge in [0.25, 0.3) is 5.91 Å². The summed E-state index contributed by atoms with van der Waals surface area (Å²) in [6.45, 7) is -0.275. The average molecular weight is 290 g/mol. The molecule has 5 nitrogen and oxygen atoms in total. The van der Waals surface area contributed by atoms with Crippen LogP contribution in [-0.4, -0.2) is 18.5 Å². The zero-order valence-corrected chi connectivity index (χ0v) is 11.7. The van der Waals surface area contributed by atoms with Crippen LogP contribution in [0.4, 0.5) is 5.00 Å². The lowest BCUT2D eigenvalue weighted by atomic mass is 10.1. The Kier molecular flexibility index (Phi) is 3.45. The minimum Gasteiger partial charge on any atom is -0.455 e. The number of fused-ring (bicyclic) bond motifs is 1. The summed E-state index contributed by atoms with van der Waals surface area (Å²) in [5.41, 5.74) is 1.65. The van der Waals surface area contributed by atoms with Crippen molar-refractivity contribution in [3.8, 4) is 6.07 Å². The first kappa shape index (κ1) is 13.1. The van der Waals surface area contributed by atoms with Crippen LogP contribution in [0.1, 0.15) is 35.3 Å². The van der Waals surface area contributed by atoms with E-state index in [4.69, 9.17) is 4.74 Å². The molecular weight excluding hydrogens is 276 g/mol. The molecule has 1 aromatic rings. The summed E-state index contributed by atoms with van der Waals surface area (Å²) >= 11 is 1.46. The summed E-state index contributed by atoms with van der Waals surface area (Å²) in [7, 11) is 0. The zero-order valence-electron chi connectivity index (χ0n) is 10.9. The van der Waals surface area contributed by atoms with Gasteiger partial charge in [0.15, 0.2) is 6.61 Å². The monoisotopic (exact) mass is 290 g/mol. The maximum Gasteiger partial charge on any atom is 0.309 e. The number of rotatable bonds is 4. The van der Waals surface area contributed by atoms with Crippen LogP contribution in [-0.2, 0) is 27.2 Å². The molecule has 6 heteroatoms. The van der Waals surface area contributed by atoms with E-state index in [1.165, 1.54) is 16.2 Å². The lowest BCUT2D eigenvalue weighted by Crippen LogP contribution is -2.21. The number of esters is 1. The molecule has 1 heterocycles. The molecule has 20 heavy (non-hydrogen) atoms. The molecule has 0 spiro atoms. The molecule has 2 aliphatic rings. The zero-order chi connectivity index (χ0) is 14.1. The highest BCUT2D eigenvalue weighted by molar-refractivity contribution is 7.16. The van der Waals surface area contributed by atoms with Gasteiger partial charge in [-0.15, -0.1) is 11.3 Å². The van der Waals surface area contributed by atoms with Crippen molar-refractivity contribution < 1.29 is 14.3 Å². The molecule has 1 amide bonds. The van der Waals surface area contributed by atoms with E-state index in [1.807, 2.05) is 0 Å². The van der Waals surface area contributed by atoms with E-state index < -0.39 is 0 Å². The Bertz CT molecular complexity index is 611. The van der Waals surface area contributed by atoms with Crippen molar-refractivity contribution in [3.63, 3.8) is 0 Å². The Morgan fingerprint density at radius 1 is 1.40 bits per heavy atom. The molecule has 0 unspecified atom stereocenters. The van der Waals surface area contributed by atoms with Crippen molar-refractivity contribution >= 4 is 28.2 Å². The van der Waals surface area contributed by atoms with Gasteiger partial charge in [-0.1, -0.05) is 0 Å². The molecule has 1 fully saturated rings. The molecule has 0 aromatic carbocycles. The predicted octanol–water partition coefficient (Wildman–Crippen LogP) is 2.00. The van der Waals surface area contributed by atoms with Gasteiger partial charge in [-0.3, -0.25) is 9.59 Å². The molecule has 0 aliphatic heterocycles. The number of hydrogen-bond donors (Lipinski definition) is 1. The molecule has 3 rings (SSSR count). The summed E-state index contributed by atoms with van der Waals surface area (Å²) in [6.07, 6.45) is 4.67. The van der Waals surface area contributed by atoms with Gasteiger partial charge in [0.05, 0.1) is 11.5 Å². The fraction of sp³-hybridized carbons (Fsp3) is 0.500. The number of nitriles is 1. The number of nitrogens with zero attached hydrogens (tertiary/aromatic N) is 1. The van der Waals surface area contributed by atoms with Crippen molar-refractivity contribution in [3.05, 3.63) is 16.0 Å². The Morgan fingerprint density at radius 2 is 2.20 bits per heavy atom. The molecule has 1 N–H and O–H groups in total. The molecular formula is C14H14N2O3S. The first-order chi connectivity index (χ1) is 9.69. The highest BCUT2D eigenvalue weighted by Crippen LogP contribution is 2.38. The van der Waals surface area contributed by atoms with Crippen molar-refractivity contribution in [1.82, 2.24) is 0 Å². The second-order valence-corrected chi connectivity index (χ2v) is 6.21. The fourth-order valence-electron chi connectivity index (χ4n) is 2.35. The van der Waals surface area contributed by atoms with E-state index in [1.54, 1.807) is 0 Å². The molecule has 0 saturated heterocycles. The number of aryl methyl sites for hydroxylation is 1. The van der Waals surface area contributed by atoms with Crippen LogP contribution in [0.2, 0.25) is 0 Å². The number of amides is 1. The van der Waals surface area contributed by atoms with Crippen LogP contribution in [0.3, 0.4) is 0 Å². The van der Waals surface area contributed by atoms with Crippen LogP contribution in [0.25, 0.3) is 0 Å². The summed E-state index contributed by atoms with van der Waals surface area (Å²) < 4.78 is 4.92. The molecule has 2 aliphatic carbocycles. The Labute approximate surface area is 120 Å². The SMILES string of the molecule is N#Cc1c(NC(=O)COC(=O)C2CC2)sc2c1CCC2. The van der Waals surface area contributed by atoms with Crippen LogP contribution >= 0.6 is 11.3 Å². The van der Waals surface area contributed by atoms with Crippen LogP contribution in [0.15, 0.2) is 0 Å².